The molecule has 1 aromatic carbocycles. The number of carbonyl (C=O) groups is 1. The van der Waals surface area contributed by atoms with Gasteiger partial charge in [0.25, 0.3) is 0 Å². The fourth-order valence-electron chi connectivity index (χ4n) is 4.79. The summed E-state index contributed by atoms with van der Waals surface area (Å²) in [6, 6.07) is 10.8. The number of nitrogens with one attached hydrogen (secondary N) is 1. The highest BCUT2D eigenvalue weighted by Gasteiger charge is 2.30. The second-order valence-electron chi connectivity index (χ2n) is 8.51. The highest BCUT2D eigenvalue weighted by atomic mass is 16.1. The molecule has 1 aromatic heterocycles. The molecular weight excluding hydrogens is 362 g/mol. The van der Waals surface area contributed by atoms with Crippen LogP contribution in [0.4, 0.5) is 0 Å². The molecule has 1 N–H and O–H groups in total. The normalized spacial score (nSPS) is 19.9. The van der Waals surface area contributed by atoms with E-state index in [0.717, 1.165) is 62.2 Å². The van der Waals surface area contributed by atoms with Crippen molar-refractivity contribution in [2.75, 3.05) is 20.1 Å². The van der Waals surface area contributed by atoms with E-state index in [1.807, 2.05) is 30.3 Å². The Balaban J connectivity index is 1.31. The van der Waals surface area contributed by atoms with Gasteiger partial charge in [0, 0.05) is 24.7 Å². The molecule has 156 valence electrons. The van der Waals surface area contributed by atoms with Gasteiger partial charge in [0.1, 0.15) is 5.82 Å². The van der Waals surface area contributed by atoms with Crippen LogP contribution in [0.2, 0.25) is 0 Å². The van der Waals surface area contributed by atoms with Crippen LogP contribution < -0.4 is 5.32 Å². The SMILES string of the molecule is CN(CCCNC(=O)C1CCCn2c(-c3ccccc3)nnc21)C1CCCCC1. The maximum absolute atomic E-state index is 12.8. The highest BCUT2D eigenvalue weighted by Crippen LogP contribution is 2.30. The third kappa shape index (κ3) is 4.69. The van der Waals surface area contributed by atoms with E-state index in [9.17, 15) is 4.79 Å². The smallest absolute Gasteiger partial charge is 0.230 e. The van der Waals surface area contributed by atoms with Crippen LogP contribution in [0.5, 0.6) is 0 Å². The molecule has 6 heteroatoms. The number of aromatic nitrogens is 3. The van der Waals surface area contributed by atoms with E-state index in [1.165, 1.54) is 32.1 Å². The van der Waals surface area contributed by atoms with E-state index in [1.54, 1.807) is 0 Å². The third-order valence-corrected chi connectivity index (χ3v) is 6.50. The van der Waals surface area contributed by atoms with Gasteiger partial charge in [0.2, 0.25) is 5.91 Å². The first-order valence-corrected chi connectivity index (χ1v) is 11.2. The molecule has 6 nitrogen and oxygen atoms in total. The first kappa shape index (κ1) is 20.1. The molecule has 1 amide bonds. The van der Waals surface area contributed by atoms with Crippen LogP contribution >= 0.6 is 0 Å². The molecule has 0 bridgehead atoms. The Bertz CT molecular complexity index is 797. The van der Waals surface area contributed by atoms with Crippen molar-refractivity contribution in [2.24, 2.45) is 0 Å². The lowest BCUT2D eigenvalue weighted by atomic mass is 9.94. The molecule has 1 aliphatic carbocycles. The predicted molar refractivity (Wildman–Crippen MR) is 115 cm³/mol. The molecule has 1 saturated carbocycles. The van der Waals surface area contributed by atoms with E-state index in [-0.39, 0.29) is 11.8 Å². The van der Waals surface area contributed by atoms with Gasteiger partial charge in [0.15, 0.2) is 5.82 Å². The Hall–Kier alpha value is -2.21. The summed E-state index contributed by atoms with van der Waals surface area (Å²) in [5.74, 6) is 1.59. The van der Waals surface area contributed by atoms with Crippen molar-refractivity contribution in [3.8, 4) is 11.4 Å². The van der Waals surface area contributed by atoms with Gasteiger partial charge in [0.05, 0.1) is 5.92 Å². The van der Waals surface area contributed by atoms with E-state index >= 15 is 0 Å². The monoisotopic (exact) mass is 395 g/mol. The molecule has 0 saturated heterocycles. The van der Waals surface area contributed by atoms with Crippen LogP contribution in [-0.2, 0) is 11.3 Å². The Morgan fingerprint density at radius 2 is 1.90 bits per heavy atom. The fraction of sp³-hybridized carbons (Fsp3) is 0.609. The quantitative estimate of drug-likeness (QED) is 0.728. The molecule has 29 heavy (non-hydrogen) atoms. The number of carbonyl (C=O) groups excluding carboxylic acids is 1. The minimum absolute atomic E-state index is 0.0956. The number of rotatable bonds is 7. The summed E-state index contributed by atoms with van der Waals surface area (Å²) in [7, 11) is 2.23. The second-order valence-corrected chi connectivity index (χ2v) is 8.51. The molecular formula is C23H33N5O. The van der Waals surface area contributed by atoms with Crippen molar-refractivity contribution >= 4 is 5.91 Å². The van der Waals surface area contributed by atoms with Crippen molar-refractivity contribution in [3.63, 3.8) is 0 Å². The van der Waals surface area contributed by atoms with E-state index in [2.05, 4.69) is 32.0 Å². The standard InChI is InChI=1S/C23H33N5O/c1-27(19-12-6-3-7-13-19)16-9-15-24-23(29)20-14-8-17-28-21(25-26-22(20)28)18-10-4-2-5-11-18/h2,4-5,10-11,19-20H,3,6-9,12-17H2,1H3,(H,24,29). The van der Waals surface area contributed by atoms with E-state index in [4.69, 9.17) is 0 Å². The number of benzene rings is 1. The molecule has 0 spiro atoms. The van der Waals surface area contributed by atoms with E-state index in [0.29, 0.717) is 0 Å². The van der Waals surface area contributed by atoms with E-state index < -0.39 is 0 Å². The molecule has 2 heterocycles. The van der Waals surface area contributed by atoms with Gasteiger partial charge in [-0.05, 0) is 45.7 Å². The van der Waals surface area contributed by atoms with Crippen molar-refractivity contribution in [2.45, 2.75) is 69.9 Å². The van der Waals surface area contributed by atoms with Gasteiger partial charge in [-0.3, -0.25) is 4.79 Å². The summed E-state index contributed by atoms with van der Waals surface area (Å²) in [6.07, 6.45) is 9.58. The van der Waals surface area contributed by atoms with Gasteiger partial charge in [-0.1, -0.05) is 49.6 Å². The molecule has 1 atom stereocenters. The number of amides is 1. The van der Waals surface area contributed by atoms with Crippen LogP contribution in [0.25, 0.3) is 11.4 Å². The van der Waals surface area contributed by atoms with Gasteiger partial charge in [-0.2, -0.15) is 0 Å². The lowest BCUT2D eigenvalue weighted by Crippen LogP contribution is -2.37. The molecule has 1 unspecified atom stereocenters. The predicted octanol–water partition coefficient (Wildman–Crippen LogP) is 3.59. The van der Waals surface area contributed by atoms with Crippen molar-refractivity contribution in [1.82, 2.24) is 25.0 Å². The molecule has 2 aromatic rings. The largest absolute Gasteiger partial charge is 0.355 e. The maximum Gasteiger partial charge on any atom is 0.230 e. The van der Waals surface area contributed by atoms with Gasteiger partial charge in [-0.25, -0.2) is 0 Å². The van der Waals surface area contributed by atoms with Crippen molar-refractivity contribution < 1.29 is 4.79 Å². The Labute approximate surface area is 173 Å². The molecule has 1 aliphatic heterocycles. The Morgan fingerprint density at radius 3 is 2.69 bits per heavy atom. The zero-order valence-electron chi connectivity index (χ0n) is 17.5. The molecule has 1 fully saturated rings. The maximum atomic E-state index is 12.8. The van der Waals surface area contributed by atoms with Gasteiger partial charge >= 0.3 is 0 Å². The van der Waals surface area contributed by atoms with Crippen molar-refractivity contribution in [3.05, 3.63) is 36.2 Å². The lowest BCUT2D eigenvalue weighted by Gasteiger charge is -2.31. The number of hydrogen-bond acceptors (Lipinski definition) is 4. The first-order chi connectivity index (χ1) is 14.2. The molecule has 0 radical (unpaired) electrons. The van der Waals surface area contributed by atoms with Crippen molar-refractivity contribution in [1.29, 1.82) is 0 Å². The van der Waals surface area contributed by atoms with Crippen LogP contribution in [0, 0.1) is 0 Å². The van der Waals surface area contributed by atoms with Gasteiger partial charge < -0.3 is 14.8 Å². The summed E-state index contributed by atoms with van der Waals surface area (Å²) >= 11 is 0. The molecule has 2 aliphatic rings. The minimum atomic E-state index is -0.190. The third-order valence-electron chi connectivity index (χ3n) is 6.50. The van der Waals surface area contributed by atoms with Crippen LogP contribution in [0.15, 0.2) is 30.3 Å². The highest BCUT2D eigenvalue weighted by molar-refractivity contribution is 5.83. The second kappa shape index (κ2) is 9.53. The minimum Gasteiger partial charge on any atom is -0.355 e. The lowest BCUT2D eigenvalue weighted by molar-refractivity contribution is -0.123. The summed E-state index contributed by atoms with van der Waals surface area (Å²) in [5, 5.41) is 11.9. The fourth-order valence-corrected chi connectivity index (χ4v) is 4.79. The van der Waals surface area contributed by atoms with Gasteiger partial charge in [-0.15, -0.1) is 10.2 Å². The van der Waals surface area contributed by atoms with Crippen LogP contribution in [0.3, 0.4) is 0 Å². The first-order valence-electron chi connectivity index (χ1n) is 11.2. The number of fused-ring (bicyclic) bond motifs is 1. The zero-order chi connectivity index (χ0) is 20.1. The summed E-state index contributed by atoms with van der Waals surface area (Å²) < 4.78 is 2.12. The summed E-state index contributed by atoms with van der Waals surface area (Å²) in [6.45, 7) is 2.65. The Morgan fingerprint density at radius 1 is 1.10 bits per heavy atom. The van der Waals surface area contributed by atoms with Crippen LogP contribution in [-0.4, -0.2) is 51.8 Å². The summed E-state index contributed by atoms with van der Waals surface area (Å²) in [5.41, 5.74) is 1.05. The van der Waals surface area contributed by atoms with Crippen LogP contribution in [0.1, 0.15) is 63.1 Å². The average Bonchev–Trinajstić information content (AvgIpc) is 3.22. The topological polar surface area (TPSA) is 63.1 Å². The number of hydrogen-bond donors (Lipinski definition) is 1. The number of nitrogens with zero attached hydrogens (tertiary/aromatic N) is 4. The average molecular weight is 396 g/mol. The Kier molecular flexibility index (Phi) is 6.60. The summed E-state index contributed by atoms with van der Waals surface area (Å²) in [4.78, 5) is 15.3. The molecule has 4 rings (SSSR count). The zero-order valence-corrected chi connectivity index (χ0v) is 17.5.